The van der Waals surface area contributed by atoms with Crippen LogP contribution in [0.1, 0.15) is 32.2 Å². The smallest absolute Gasteiger partial charge is 0.337 e. The lowest BCUT2D eigenvalue weighted by atomic mass is 10.2. The summed E-state index contributed by atoms with van der Waals surface area (Å²) in [5.74, 6) is 0.982. The predicted molar refractivity (Wildman–Crippen MR) is 118 cm³/mol. The van der Waals surface area contributed by atoms with Crippen LogP contribution >= 0.6 is 0 Å². The number of rotatable bonds is 7. The van der Waals surface area contributed by atoms with Gasteiger partial charge in [-0.1, -0.05) is 30.3 Å². The van der Waals surface area contributed by atoms with Crippen LogP contribution in [0.15, 0.2) is 71.1 Å². The van der Waals surface area contributed by atoms with E-state index in [0.29, 0.717) is 35.9 Å². The first-order valence-electron chi connectivity index (χ1n) is 10.6. The molecule has 7 nitrogen and oxygen atoms in total. The highest BCUT2D eigenvalue weighted by Crippen LogP contribution is 2.18. The number of carbonyl (C=O) groups excluding carboxylic acids is 2. The Hall–Kier alpha value is -3.58. The molecule has 1 fully saturated rings. The van der Waals surface area contributed by atoms with Crippen LogP contribution in [0.2, 0.25) is 0 Å². The van der Waals surface area contributed by atoms with Crippen LogP contribution in [0.5, 0.6) is 5.75 Å². The van der Waals surface area contributed by atoms with E-state index >= 15 is 0 Å². The van der Waals surface area contributed by atoms with Gasteiger partial charge in [-0.15, -0.1) is 0 Å². The van der Waals surface area contributed by atoms with Gasteiger partial charge in [0, 0.05) is 32.7 Å². The van der Waals surface area contributed by atoms with Crippen molar-refractivity contribution in [3.05, 3.63) is 89.4 Å². The highest BCUT2D eigenvalue weighted by Gasteiger charge is 2.24. The highest BCUT2D eigenvalue weighted by atomic mass is 16.5. The zero-order chi connectivity index (χ0) is 22.3. The van der Waals surface area contributed by atoms with Crippen molar-refractivity contribution in [3.63, 3.8) is 0 Å². The SMILES string of the molecule is COC(=O)c1ccc(OCc2ccc(C(=O)N3CCN(Cc4ccccc4)CC3)o2)cc1. The van der Waals surface area contributed by atoms with Gasteiger partial charge >= 0.3 is 5.97 Å². The maximum Gasteiger partial charge on any atom is 0.337 e. The number of hydrogen-bond acceptors (Lipinski definition) is 6. The molecule has 0 atom stereocenters. The van der Waals surface area contributed by atoms with Crippen LogP contribution in [0, 0.1) is 0 Å². The summed E-state index contributed by atoms with van der Waals surface area (Å²) in [6.07, 6.45) is 0. The van der Waals surface area contributed by atoms with Crippen molar-refractivity contribution in [3.8, 4) is 5.75 Å². The largest absolute Gasteiger partial charge is 0.486 e. The molecular weight excluding hydrogens is 408 g/mol. The Morgan fingerprint density at radius 3 is 2.31 bits per heavy atom. The van der Waals surface area contributed by atoms with Crippen LogP contribution in [0.3, 0.4) is 0 Å². The van der Waals surface area contributed by atoms with E-state index in [0.717, 1.165) is 19.6 Å². The van der Waals surface area contributed by atoms with Gasteiger partial charge in [0.25, 0.3) is 5.91 Å². The molecule has 0 aliphatic carbocycles. The topological polar surface area (TPSA) is 72.2 Å². The molecule has 32 heavy (non-hydrogen) atoms. The Morgan fingerprint density at radius 2 is 1.62 bits per heavy atom. The van der Waals surface area contributed by atoms with Gasteiger partial charge in [-0.05, 0) is 42.0 Å². The number of piperazine rings is 1. The summed E-state index contributed by atoms with van der Waals surface area (Å²) >= 11 is 0. The third kappa shape index (κ3) is 5.36. The second-order valence-corrected chi connectivity index (χ2v) is 7.62. The Labute approximate surface area is 187 Å². The highest BCUT2D eigenvalue weighted by molar-refractivity contribution is 5.91. The molecule has 2 aromatic carbocycles. The molecule has 1 aliphatic rings. The summed E-state index contributed by atoms with van der Waals surface area (Å²) in [5.41, 5.74) is 1.73. The molecule has 0 spiro atoms. The molecule has 0 N–H and O–H groups in total. The van der Waals surface area contributed by atoms with Crippen molar-refractivity contribution in [1.82, 2.24) is 9.80 Å². The second-order valence-electron chi connectivity index (χ2n) is 7.62. The van der Waals surface area contributed by atoms with Gasteiger partial charge in [0.05, 0.1) is 12.7 Å². The van der Waals surface area contributed by atoms with E-state index in [1.165, 1.54) is 12.7 Å². The third-order valence-electron chi connectivity index (χ3n) is 5.44. The first-order chi connectivity index (χ1) is 15.6. The number of amides is 1. The van der Waals surface area contributed by atoms with Crippen molar-refractivity contribution >= 4 is 11.9 Å². The molecule has 7 heteroatoms. The zero-order valence-corrected chi connectivity index (χ0v) is 18.0. The number of esters is 1. The summed E-state index contributed by atoms with van der Waals surface area (Å²) in [6.45, 7) is 4.09. The molecule has 166 valence electrons. The average Bonchev–Trinajstić information content (AvgIpc) is 3.32. The minimum Gasteiger partial charge on any atom is -0.486 e. The molecule has 0 saturated carbocycles. The summed E-state index contributed by atoms with van der Waals surface area (Å²) < 4.78 is 16.1. The van der Waals surface area contributed by atoms with Gasteiger partial charge in [-0.2, -0.15) is 0 Å². The molecule has 1 aromatic heterocycles. The molecular formula is C25H26N2O5. The van der Waals surface area contributed by atoms with Gasteiger partial charge in [0.2, 0.25) is 0 Å². The number of carbonyl (C=O) groups is 2. The van der Waals surface area contributed by atoms with Crippen LogP contribution in [0.4, 0.5) is 0 Å². The molecule has 3 aromatic rings. The third-order valence-corrected chi connectivity index (χ3v) is 5.44. The van der Waals surface area contributed by atoms with E-state index in [9.17, 15) is 9.59 Å². The van der Waals surface area contributed by atoms with Gasteiger partial charge in [-0.3, -0.25) is 9.69 Å². The maximum absolute atomic E-state index is 12.8. The molecule has 1 saturated heterocycles. The van der Waals surface area contributed by atoms with Crippen LogP contribution < -0.4 is 4.74 Å². The zero-order valence-electron chi connectivity index (χ0n) is 18.0. The second kappa shape index (κ2) is 10.2. The summed E-state index contributed by atoms with van der Waals surface area (Å²) in [7, 11) is 1.34. The Morgan fingerprint density at radius 1 is 0.906 bits per heavy atom. The molecule has 0 radical (unpaired) electrons. The van der Waals surface area contributed by atoms with E-state index in [-0.39, 0.29) is 12.5 Å². The number of methoxy groups -OCH3 is 1. The molecule has 0 unspecified atom stereocenters. The molecule has 1 aliphatic heterocycles. The monoisotopic (exact) mass is 434 g/mol. The predicted octanol–water partition coefficient (Wildman–Crippen LogP) is 3.60. The van der Waals surface area contributed by atoms with Crippen molar-refractivity contribution in [1.29, 1.82) is 0 Å². The molecule has 1 amide bonds. The number of benzene rings is 2. The van der Waals surface area contributed by atoms with Crippen molar-refractivity contribution in [2.75, 3.05) is 33.3 Å². The van der Waals surface area contributed by atoms with Crippen LogP contribution in [-0.4, -0.2) is 55.0 Å². The lowest BCUT2D eigenvalue weighted by Gasteiger charge is -2.34. The van der Waals surface area contributed by atoms with Crippen molar-refractivity contribution in [2.45, 2.75) is 13.2 Å². The summed E-state index contributed by atoms with van der Waals surface area (Å²) in [4.78, 5) is 28.5. The van der Waals surface area contributed by atoms with Gasteiger partial charge < -0.3 is 18.8 Å². The Bertz CT molecular complexity index is 1040. The lowest BCUT2D eigenvalue weighted by Crippen LogP contribution is -2.48. The fourth-order valence-electron chi connectivity index (χ4n) is 3.64. The van der Waals surface area contributed by atoms with E-state index < -0.39 is 5.97 Å². The number of furan rings is 1. The van der Waals surface area contributed by atoms with E-state index in [4.69, 9.17) is 9.15 Å². The van der Waals surface area contributed by atoms with Crippen LogP contribution in [0.25, 0.3) is 0 Å². The number of hydrogen-bond donors (Lipinski definition) is 0. The summed E-state index contributed by atoms with van der Waals surface area (Å²) in [5, 5.41) is 0. The van der Waals surface area contributed by atoms with Gasteiger partial charge in [-0.25, -0.2) is 4.79 Å². The summed E-state index contributed by atoms with van der Waals surface area (Å²) in [6, 6.07) is 20.4. The fraction of sp³-hybridized carbons (Fsp3) is 0.280. The number of nitrogens with zero attached hydrogens (tertiary/aromatic N) is 2. The van der Waals surface area contributed by atoms with E-state index in [2.05, 4.69) is 21.8 Å². The van der Waals surface area contributed by atoms with E-state index in [1.807, 2.05) is 23.1 Å². The van der Waals surface area contributed by atoms with E-state index in [1.54, 1.807) is 36.4 Å². The maximum atomic E-state index is 12.8. The quantitative estimate of drug-likeness (QED) is 0.529. The van der Waals surface area contributed by atoms with Crippen LogP contribution in [-0.2, 0) is 17.9 Å². The van der Waals surface area contributed by atoms with Gasteiger partial charge in [0.1, 0.15) is 18.1 Å². The minimum absolute atomic E-state index is 0.0990. The molecule has 2 heterocycles. The van der Waals surface area contributed by atoms with Crippen molar-refractivity contribution < 1.29 is 23.5 Å². The molecule has 4 rings (SSSR count). The first-order valence-corrected chi connectivity index (χ1v) is 10.6. The number of ether oxygens (including phenoxy) is 2. The Kier molecular flexibility index (Phi) is 6.87. The minimum atomic E-state index is -0.397. The average molecular weight is 434 g/mol. The fourth-order valence-corrected chi connectivity index (χ4v) is 3.64. The molecule has 0 bridgehead atoms. The standard InChI is InChI=1S/C25H26N2O5/c1-30-25(29)20-7-9-21(10-8-20)31-18-22-11-12-23(32-22)24(28)27-15-13-26(14-16-27)17-19-5-3-2-4-6-19/h2-12H,13-18H2,1H3. The normalized spacial score (nSPS) is 14.2. The lowest BCUT2D eigenvalue weighted by molar-refractivity contribution is 0.0590. The van der Waals surface area contributed by atoms with Crippen molar-refractivity contribution in [2.24, 2.45) is 0 Å². The Balaban J connectivity index is 1.26. The van der Waals surface area contributed by atoms with Gasteiger partial charge in [0.15, 0.2) is 5.76 Å². The first kappa shape index (κ1) is 21.6.